The molecular formula is C110H133Cl2N9O29. The van der Waals surface area contributed by atoms with Crippen LogP contribution in [0.1, 0.15) is 186 Å². The van der Waals surface area contributed by atoms with Crippen molar-refractivity contribution in [2.24, 2.45) is 17.4 Å². The molecule has 4 saturated heterocycles. The summed E-state index contributed by atoms with van der Waals surface area (Å²) >= 11 is 9.53. The lowest BCUT2D eigenvalue weighted by atomic mass is 9.50. The first-order chi connectivity index (χ1) is 71.5. The molecule has 7 heterocycles. The van der Waals surface area contributed by atoms with E-state index in [-0.39, 0.29) is 132 Å². The highest BCUT2D eigenvalue weighted by Gasteiger charge is 2.76. The van der Waals surface area contributed by atoms with E-state index in [4.69, 9.17) is 86.9 Å². The monoisotopic (exact) mass is 2110 g/mol. The normalized spacial score (nSPS) is 26.2. The molecule has 4 fully saturated rings. The average Bonchev–Trinajstić information content (AvgIpc) is 1.48. The molecule has 13 N–H and O–H groups in total. The Labute approximate surface area is 878 Å². The standard InChI is InChI=1S/C38H47N3O10.C33H39N3O8.C24H30N2O7.C14H15NO4.CH2Cl2/c1-22(48-29(43)14-17-39-33(44)26(19-23-9-7-6-8-10-23)40-35(46)51-36(2,3)4)34(45)49-27-13-15-38(47)28-20-24-11-12-25(21-42)31-30(24)37(38,32(27)50-31)16-18-41(28)5;1-19(42-26(38)11-14-35-30(39)23(34)16-20-6-4-3-5-7-20)31(40)43-24-10-12-33(41)25-17-21-8-9-22(18-37)28-27(21)32(33,29(24)44-28)13-15-36(25)2;1-13(31-18(28)6-9-25)22(29)32-16-5-7-24(30)17-11-14-3-4-15(12-27)20-19(14)23(24,21(16)33-20)8-10-26(17)2;1-10(9-11-5-3-2-4-6-11)14(18)19-15-12(16)7-8-13(15)17;2-1-3/h6-13,22,26,28,32,42,47H,14-21H2,1-5H3,(H,39,44)(H,40,46);3-10,19,23,25,29,37,41H,11-18,34H2,1-2H3,(H,35,39);3-5,13,17,21,27,30H,6-12,25H2,1-2H3;2-6,10H,7-9H2,1H3;1H2/t22-,26-,28+,32-,37-,38+;19-,23-,25+,29-,32-,33+;13-,17+,21-,23-,24+;10-;/m0000./s1. The van der Waals surface area contributed by atoms with E-state index < -0.39 is 159 Å². The van der Waals surface area contributed by atoms with Gasteiger partial charge in [0.15, 0.2) is 36.6 Å². The zero-order chi connectivity index (χ0) is 108. The number of ether oxygens (including phenoxy) is 10. The van der Waals surface area contributed by atoms with Gasteiger partial charge in [-0.05, 0) is 185 Å². The molecule has 19 rings (SSSR count). The topological polar surface area (TPSA) is 529 Å². The maximum atomic E-state index is 13.3. The predicted octanol–water partition coefficient (Wildman–Crippen LogP) is 6.76. The van der Waals surface area contributed by atoms with E-state index >= 15 is 0 Å². The van der Waals surface area contributed by atoms with E-state index in [1.54, 1.807) is 45.9 Å². The van der Waals surface area contributed by atoms with Crippen LogP contribution in [-0.4, -0.2) is 277 Å². The van der Waals surface area contributed by atoms with Gasteiger partial charge in [-0.1, -0.05) is 134 Å². The fraction of sp³-hybridized carbons (Fsp3) is 0.509. The Hall–Kier alpha value is -12.3. The Bertz CT molecular complexity index is 6170. The highest BCUT2D eigenvalue weighted by atomic mass is 35.5. The Kier molecular flexibility index (Phi) is 34.7. The molecule has 40 heteroatoms. The van der Waals surface area contributed by atoms with Gasteiger partial charge in [0.05, 0.1) is 89.4 Å². The Morgan fingerprint density at radius 1 is 0.473 bits per heavy atom. The molecule has 0 saturated carbocycles. The Morgan fingerprint density at radius 2 is 0.807 bits per heavy atom. The van der Waals surface area contributed by atoms with Crippen LogP contribution in [0, 0.1) is 5.92 Å². The lowest BCUT2D eigenvalue weighted by molar-refractivity contribution is -0.200. The lowest BCUT2D eigenvalue weighted by Crippen LogP contribution is -2.74. The number of hydrogen-bond acceptors (Lipinski definition) is 34. The summed E-state index contributed by atoms with van der Waals surface area (Å²) in [7, 11) is 6.03. The van der Waals surface area contributed by atoms with Crippen molar-refractivity contribution in [1.82, 2.24) is 35.7 Å². The smallest absolute Gasteiger partial charge is 0.408 e. The maximum Gasteiger partial charge on any atom is 0.408 e. The summed E-state index contributed by atoms with van der Waals surface area (Å²) in [6.45, 7) is 12.7. The van der Waals surface area contributed by atoms with Gasteiger partial charge in [-0.3, -0.25) is 33.6 Å². The first-order valence-electron chi connectivity index (χ1n) is 50.7. The highest BCUT2D eigenvalue weighted by Crippen LogP contribution is 2.68. The van der Waals surface area contributed by atoms with Crippen molar-refractivity contribution in [1.29, 1.82) is 0 Å². The van der Waals surface area contributed by atoms with Crippen molar-refractivity contribution in [3.63, 3.8) is 0 Å². The second-order valence-corrected chi connectivity index (χ2v) is 42.2. The highest BCUT2D eigenvalue weighted by molar-refractivity contribution is 6.40. The number of aliphatic hydroxyl groups is 6. The first-order valence-corrected chi connectivity index (χ1v) is 51.8. The molecule has 6 bridgehead atoms. The summed E-state index contributed by atoms with van der Waals surface area (Å²) in [5.41, 5.74) is 15.1. The quantitative estimate of drug-likeness (QED) is 0.00927. The van der Waals surface area contributed by atoms with Crippen molar-refractivity contribution >= 4 is 94.7 Å². The van der Waals surface area contributed by atoms with E-state index in [9.17, 15) is 88.2 Å². The summed E-state index contributed by atoms with van der Waals surface area (Å²) < 4.78 is 57.9. The van der Waals surface area contributed by atoms with E-state index in [0.29, 0.717) is 109 Å². The first kappa shape index (κ1) is 112. The van der Waals surface area contributed by atoms with Crippen LogP contribution in [0.15, 0.2) is 163 Å². The summed E-state index contributed by atoms with van der Waals surface area (Å²) in [5.74, 6) is -4.62. The van der Waals surface area contributed by atoms with E-state index in [2.05, 4.69) is 30.7 Å². The summed E-state index contributed by atoms with van der Waals surface area (Å²) in [5, 5.41) is 75.6. The number of hydrogen-bond donors (Lipinski definition) is 11. The molecule has 0 radical (unpaired) electrons. The number of amides is 5. The number of benzene rings is 6. The predicted molar refractivity (Wildman–Crippen MR) is 541 cm³/mol. The van der Waals surface area contributed by atoms with Crippen molar-refractivity contribution in [2.45, 2.75) is 283 Å². The number of carbonyl (C=O) groups excluding carboxylic acids is 12. The fourth-order valence-electron chi connectivity index (χ4n) is 23.7. The molecule has 150 heavy (non-hydrogen) atoms. The number of imide groups is 1. The number of likely N-dealkylation sites (tertiary alicyclic amines) is 3. The van der Waals surface area contributed by atoms with Gasteiger partial charge in [-0.2, -0.15) is 0 Å². The molecule has 5 amide bonds. The number of piperidine rings is 3. The van der Waals surface area contributed by atoms with Crippen molar-refractivity contribution in [3.05, 3.63) is 230 Å². The molecule has 6 aromatic carbocycles. The van der Waals surface area contributed by atoms with Crippen LogP contribution in [0.25, 0.3) is 0 Å². The van der Waals surface area contributed by atoms with Gasteiger partial charge in [0.1, 0.15) is 46.2 Å². The molecule has 7 aliphatic heterocycles. The van der Waals surface area contributed by atoms with Crippen LogP contribution in [0.2, 0.25) is 0 Å². The van der Waals surface area contributed by atoms with Crippen LogP contribution in [0.5, 0.6) is 17.2 Å². The average molecular weight is 2120 g/mol. The van der Waals surface area contributed by atoms with Crippen LogP contribution in [-0.2, 0) is 165 Å². The van der Waals surface area contributed by atoms with Gasteiger partial charge in [-0.25, -0.2) is 24.0 Å². The zero-order valence-electron chi connectivity index (χ0n) is 85.6. The van der Waals surface area contributed by atoms with Crippen molar-refractivity contribution in [2.75, 3.05) is 65.8 Å². The molecule has 6 aromatic rings. The third-order valence-electron chi connectivity index (χ3n) is 31.0. The SMILES string of the molecule is C[C@@H](Cc1ccccc1)C(=O)ON1C(=O)CCC1=O.C[C@H](OC(=O)CCN)C(=O)OC1=CC[C@@]2(O)[C@H]3Cc4ccc(CO)c5c4[C@@]2(CCN3C)[C@H]1O5.C[C@H](OC(=O)CCNC(=O)[C@@H](N)Cc1ccccc1)C(=O)OC1=CC[C@@]2(O)[C@H]3Cc4ccc(CO)c5c4[C@@]2(CCN3C)[C@H]1O5.C[C@H](OC(=O)CCNC(=O)[C@H](Cc1ccccc1)NC(=O)OC(C)(C)C)C(=O)OC1=CC[C@@]2(O)[C@H]3Cc4ccc(CO)c5c4[C@@]2(CCN3C)[C@H]1O5.ClCCl. The molecule has 13 aliphatic rings. The second-order valence-electron chi connectivity index (χ2n) is 41.4. The third kappa shape index (κ3) is 22.0. The van der Waals surface area contributed by atoms with Crippen LogP contribution < -0.4 is 41.6 Å². The number of nitrogens with zero attached hydrogens (tertiary/aromatic N) is 4. The Balaban J connectivity index is 0.000000155. The van der Waals surface area contributed by atoms with E-state index in [1.807, 2.05) is 149 Å². The number of aliphatic hydroxyl groups excluding tert-OH is 3. The minimum absolute atomic E-state index is 0.00743. The minimum atomic E-state index is -1.28. The number of alkyl carbamates (subject to hydrolysis) is 1. The molecule has 806 valence electrons. The van der Waals surface area contributed by atoms with Gasteiger partial charge in [-0.15, -0.1) is 28.3 Å². The molecule has 3 spiro atoms. The number of carbonyl (C=O) groups is 12. The van der Waals surface area contributed by atoms with E-state index in [0.717, 1.165) is 63.2 Å². The van der Waals surface area contributed by atoms with Crippen molar-refractivity contribution < 1.29 is 140 Å². The molecule has 0 unspecified atom stereocenters. The van der Waals surface area contributed by atoms with Gasteiger partial charge < -0.3 is 125 Å². The second kappa shape index (κ2) is 46.5. The van der Waals surface area contributed by atoms with Gasteiger partial charge in [0, 0.05) is 110 Å². The van der Waals surface area contributed by atoms with Gasteiger partial charge >= 0.3 is 47.9 Å². The number of esters is 6. The summed E-state index contributed by atoms with van der Waals surface area (Å²) in [6, 6.07) is 37.4. The number of halogens is 2. The number of nitrogens with one attached hydrogen (secondary N) is 3. The number of hydroxylamine groups is 2. The third-order valence-corrected chi connectivity index (χ3v) is 31.0. The molecule has 18 atom stereocenters. The van der Waals surface area contributed by atoms with Gasteiger partial charge in [0.2, 0.25) is 11.8 Å². The molecule has 0 aromatic heterocycles. The van der Waals surface area contributed by atoms with Gasteiger partial charge in [0.25, 0.3) is 11.8 Å². The molecule has 38 nitrogen and oxygen atoms in total. The van der Waals surface area contributed by atoms with E-state index in [1.165, 1.54) is 20.8 Å². The maximum absolute atomic E-state index is 13.3. The molecular weight excluding hydrogens is 1980 g/mol. The Morgan fingerprint density at radius 3 is 1.15 bits per heavy atom. The molecule has 6 aliphatic carbocycles. The number of nitrogens with two attached hydrogens (primary N) is 2. The number of alkyl halides is 2. The van der Waals surface area contributed by atoms with Crippen LogP contribution in [0.3, 0.4) is 0 Å². The van der Waals surface area contributed by atoms with Crippen LogP contribution in [0.4, 0.5) is 4.79 Å². The zero-order valence-corrected chi connectivity index (χ0v) is 87.2. The fourth-order valence-corrected chi connectivity index (χ4v) is 23.7. The minimum Gasteiger partial charge on any atom is -0.481 e. The van der Waals surface area contributed by atoms with Crippen LogP contribution >= 0.6 is 23.2 Å². The number of rotatable bonds is 31. The van der Waals surface area contributed by atoms with Crippen molar-refractivity contribution in [3.8, 4) is 17.2 Å². The summed E-state index contributed by atoms with van der Waals surface area (Å²) in [6.07, 6.45) is 3.85. The largest absolute Gasteiger partial charge is 0.481 e. The summed E-state index contributed by atoms with van der Waals surface area (Å²) in [4.78, 5) is 160. The number of likely N-dealkylation sites (N-methyl/N-ethyl adjacent to an activating group) is 3. The lowest BCUT2D eigenvalue weighted by Gasteiger charge is -2.61.